The quantitative estimate of drug-likeness (QED) is 0.727. The molecule has 3 aromatic rings. The minimum Gasteiger partial charge on any atom is -0.459 e. The third-order valence-electron chi connectivity index (χ3n) is 4.77. The summed E-state index contributed by atoms with van der Waals surface area (Å²) in [4.78, 5) is 30.8. The third-order valence-corrected chi connectivity index (χ3v) is 5.00. The first-order valence-corrected chi connectivity index (χ1v) is 9.28. The molecule has 1 N–H and O–H groups in total. The Morgan fingerprint density at radius 1 is 1.21 bits per heavy atom. The molecule has 0 spiro atoms. The SMILES string of the molecule is O=C(Nc1cc(Cl)ccc1-n1cncn1)C1CCN(C(=O)c2ccco2)CC1. The number of likely N-dealkylation sites (tertiary alicyclic amines) is 1. The zero-order chi connectivity index (χ0) is 19.5. The molecule has 28 heavy (non-hydrogen) atoms. The van der Waals surface area contributed by atoms with Crippen molar-refractivity contribution in [2.24, 2.45) is 5.92 Å². The summed E-state index contributed by atoms with van der Waals surface area (Å²) in [6.45, 7) is 1.01. The molecule has 0 atom stereocenters. The van der Waals surface area contributed by atoms with Crippen LogP contribution < -0.4 is 5.32 Å². The average Bonchev–Trinajstić information content (AvgIpc) is 3.42. The van der Waals surface area contributed by atoms with Crippen molar-refractivity contribution in [3.63, 3.8) is 0 Å². The van der Waals surface area contributed by atoms with Crippen molar-refractivity contribution in [3.8, 4) is 5.69 Å². The molecule has 0 bridgehead atoms. The number of nitrogens with one attached hydrogen (secondary N) is 1. The molecule has 1 aliphatic heterocycles. The Balaban J connectivity index is 1.42. The Bertz CT molecular complexity index is 964. The molecule has 1 fully saturated rings. The molecule has 9 heteroatoms. The summed E-state index contributed by atoms with van der Waals surface area (Å²) in [6, 6.07) is 8.52. The van der Waals surface area contributed by atoms with Crippen molar-refractivity contribution >= 4 is 29.1 Å². The maximum atomic E-state index is 12.8. The molecule has 0 radical (unpaired) electrons. The predicted molar refractivity (Wildman–Crippen MR) is 102 cm³/mol. The van der Waals surface area contributed by atoms with Crippen molar-refractivity contribution in [2.75, 3.05) is 18.4 Å². The van der Waals surface area contributed by atoms with E-state index in [1.54, 1.807) is 46.2 Å². The van der Waals surface area contributed by atoms with Gasteiger partial charge in [0.05, 0.1) is 17.6 Å². The highest BCUT2D eigenvalue weighted by atomic mass is 35.5. The van der Waals surface area contributed by atoms with Crippen LogP contribution in [0.1, 0.15) is 23.4 Å². The van der Waals surface area contributed by atoms with Crippen molar-refractivity contribution < 1.29 is 14.0 Å². The molecule has 4 rings (SSSR count). The molecule has 0 aliphatic carbocycles. The molecule has 2 amide bonds. The van der Waals surface area contributed by atoms with Gasteiger partial charge in [0.15, 0.2) is 5.76 Å². The van der Waals surface area contributed by atoms with E-state index in [1.807, 2.05) is 0 Å². The number of hydrogen-bond acceptors (Lipinski definition) is 5. The fourth-order valence-electron chi connectivity index (χ4n) is 3.28. The number of aromatic nitrogens is 3. The lowest BCUT2D eigenvalue weighted by molar-refractivity contribution is -0.121. The van der Waals surface area contributed by atoms with Crippen LogP contribution in [-0.4, -0.2) is 44.6 Å². The first-order chi connectivity index (χ1) is 13.6. The van der Waals surface area contributed by atoms with Crippen LogP contribution >= 0.6 is 11.6 Å². The number of benzene rings is 1. The van der Waals surface area contributed by atoms with E-state index in [4.69, 9.17) is 16.0 Å². The van der Waals surface area contributed by atoms with Crippen LogP contribution in [0.5, 0.6) is 0 Å². The van der Waals surface area contributed by atoms with E-state index < -0.39 is 0 Å². The predicted octanol–water partition coefficient (Wildman–Crippen LogP) is 3.00. The van der Waals surface area contributed by atoms with Crippen molar-refractivity contribution in [1.82, 2.24) is 19.7 Å². The third kappa shape index (κ3) is 3.77. The van der Waals surface area contributed by atoms with Crippen molar-refractivity contribution in [1.29, 1.82) is 0 Å². The summed E-state index contributed by atoms with van der Waals surface area (Å²) >= 11 is 6.10. The molecule has 3 heterocycles. The fourth-order valence-corrected chi connectivity index (χ4v) is 3.45. The number of halogens is 1. The number of furan rings is 1. The molecule has 1 saturated heterocycles. The lowest BCUT2D eigenvalue weighted by Crippen LogP contribution is -2.41. The molecule has 144 valence electrons. The van der Waals surface area contributed by atoms with Crippen LogP contribution in [0.3, 0.4) is 0 Å². The summed E-state index contributed by atoms with van der Waals surface area (Å²) in [5.74, 6) is -0.122. The molecule has 8 nitrogen and oxygen atoms in total. The second-order valence-corrected chi connectivity index (χ2v) is 6.97. The number of piperidine rings is 1. The van der Waals surface area contributed by atoms with Gasteiger partial charge in [-0.3, -0.25) is 9.59 Å². The normalized spacial score (nSPS) is 14.8. The van der Waals surface area contributed by atoms with Gasteiger partial charge in [0, 0.05) is 24.0 Å². The smallest absolute Gasteiger partial charge is 0.289 e. The van der Waals surface area contributed by atoms with E-state index in [-0.39, 0.29) is 17.7 Å². The lowest BCUT2D eigenvalue weighted by atomic mass is 9.95. The highest BCUT2D eigenvalue weighted by Gasteiger charge is 2.29. The Hall–Kier alpha value is -3.13. The van der Waals surface area contributed by atoms with Gasteiger partial charge < -0.3 is 14.6 Å². The van der Waals surface area contributed by atoms with E-state index >= 15 is 0 Å². The standard InChI is InChI=1S/C19H18ClN5O3/c20-14-3-4-16(25-12-21-11-22-25)15(10-14)23-18(26)13-5-7-24(8-6-13)19(27)17-2-1-9-28-17/h1-4,9-13H,5-8H2,(H,23,26). The van der Waals surface area contributed by atoms with Gasteiger partial charge in [-0.1, -0.05) is 11.6 Å². The van der Waals surface area contributed by atoms with Crippen LogP contribution in [0.15, 0.2) is 53.7 Å². The zero-order valence-corrected chi connectivity index (χ0v) is 15.7. The molecule has 0 saturated carbocycles. The Morgan fingerprint density at radius 3 is 2.71 bits per heavy atom. The maximum absolute atomic E-state index is 12.8. The van der Waals surface area contributed by atoms with Gasteiger partial charge >= 0.3 is 0 Å². The van der Waals surface area contributed by atoms with Gasteiger partial charge in [-0.05, 0) is 43.2 Å². The maximum Gasteiger partial charge on any atom is 0.289 e. The van der Waals surface area contributed by atoms with E-state index in [9.17, 15) is 9.59 Å². The van der Waals surface area contributed by atoms with Gasteiger partial charge in [-0.25, -0.2) is 9.67 Å². The number of amides is 2. The van der Waals surface area contributed by atoms with Crippen LogP contribution in [0.4, 0.5) is 5.69 Å². The summed E-state index contributed by atoms with van der Waals surface area (Å²) < 4.78 is 6.73. The molecular formula is C19H18ClN5O3. The largest absolute Gasteiger partial charge is 0.459 e. The second kappa shape index (κ2) is 7.85. The number of carbonyl (C=O) groups excluding carboxylic acids is 2. The van der Waals surface area contributed by atoms with Gasteiger partial charge in [-0.15, -0.1) is 0 Å². The van der Waals surface area contributed by atoms with E-state index in [0.29, 0.717) is 48.1 Å². The lowest BCUT2D eigenvalue weighted by Gasteiger charge is -2.30. The summed E-state index contributed by atoms with van der Waals surface area (Å²) in [5.41, 5.74) is 1.25. The van der Waals surface area contributed by atoms with Crippen LogP contribution in [-0.2, 0) is 4.79 Å². The van der Waals surface area contributed by atoms with Gasteiger partial charge in [-0.2, -0.15) is 5.10 Å². The minimum absolute atomic E-state index is 0.103. The van der Waals surface area contributed by atoms with E-state index in [1.165, 1.54) is 12.6 Å². The van der Waals surface area contributed by atoms with Gasteiger partial charge in [0.1, 0.15) is 12.7 Å². The van der Waals surface area contributed by atoms with Crippen molar-refractivity contribution in [3.05, 3.63) is 60.0 Å². The highest BCUT2D eigenvalue weighted by molar-refractivity contribution is 6.31. The fraction of sp³-hybridized carbons (Fsp3) is 0.263. The number of rotatable bonds is 4. The zero-order valence-electron chi connectivity index (χ0n) is 14.9. The highest BCUT2D eigenvalue weighted by Crippen LogP contribution is 2.26. The topological polar surface area (TPSA) is 93.3 Å². The van der Waals surface area contributed by atoms with Crippen molar-refractivity contribution in [2.45, 2.75) is 12.8 Å². The van der Waals surface area contributed by atoms with E-state index in [0.717, 1.165) is 0 Å². The summed E-state index contributed by atoms with van der Waals surface area (Å²) in [6.07, 6.45) is 5.61. The number of carbonyl (C=O) groups is 2. The number of nitrogens with zero attached hydrogens (tertiary/aromatic N) is 4. The van der Waals surface area contributed by atoms with E-state index in [2.05, 4.69) is 15.4 Å². The summed E-state index contributed by atoms with van der Waals surface area (Å²) in [7, 11) is 0. The average molecular weight is 400 g/mol. The summed E-state index contributed by atoms with van der Waals surface area (Å²) in [5, 5.41) is 7.57. The first-order valence-electron chi connectivity index (χ1n) is 8.90. The Morgan fingerprint density at radius 2 is 2.04 bits per heavy atom. The molecular weight excluding hydrogens is 382 g/mol. The van der Waals surface area contributed by atoms with Crippen LogP contribution in [0, 0.1) is 5.92 Å². The Kier molecular flexibility index (Phi) is 5.12. The van der Waals surface area contributed by atoms with Gasteiger partial charge in [0.25, 0.3) is 5.91 Å². The minimum atomic E-state index is -0.191. The first kappa shape index (κ1) is 18.2. The molecule has 0 unspecified atom stereocenters. The van der Waals surface area contributed by atoms with Gasteiger partial charge in [0.2, 0.25) is 5.91 Å². The van der Waals surface area contributed by atoms with Crippen LogP contribution in [0.2, 0.25) is 5.02 Å². The monoisotopic (exact) mass is 399 g/mol. The Labute approximate surface area is 166 Å². The number of hydrogen-bond donors (Lipinski definition) is 1. The molecule has 1 aromatic carbocycles. The van der Waals surface area contributed by atoms with Crippen LogP contribution in [0.25, 0.3) is 5.69 Å². The number of anilines is 1. The molecule has 1 aliphatic rings. The second-order valence-electron chi connectivity index (χ2n) is 6.53. The molecule has 2 aromatic heterocycles.